The lowest BCUT2D eigenvalue weighted by Gasteiger charge is -2.34. The molecule has 0 saturated carbocycles. The molecule has 0 bridgehead atoms. The summed E-state index contributed by atoms with van der Waals surface area (Å²) in [7, 11) is -2.90. The Labute approximate surface area is 122 Å². The van der Waals surface area contributed by atoms with Crippen LogP contribution in [-0.4, -0.2) is 51.5 Å². The van der Waals surface area contributed by atoms with E-state index in [4.69, 9.17) is 0 Å². The number of nitrogens with one attached hydrogen (secondary N) is 1. The molecule has 4 nitrogen and oxygen atoms in total. The number of hydrogen-bond acceptors (Lipinski definition) is 4. The molecular formula is C15H24N2O2S. The minimum atomic E-state index is -2.90. The second kappa shape index (κ2) is 6.24. The number of hydrogen-bond donors (Lipinski definition) is 1. The molecule has 2 rings (SSSR count). The van der Waals surface area contributed by atoms with Crippen LogP contribution in [-0.2, 0) is 15.4 Å². The van der Waals surface area contributed by atoms with Crippen molar-refractivity contribution in [1.29, 1.82) is 0 Å². The molecule has 1 aromatic rings. The number of rotatable bonds is 4. The first-order valence-corrected chi connectivity index (χ1v) is 9.16. The SMILES string of the molecule is CC1(c2ccccc2)CN(CCS(C)(=O)=O)CCCN1. The molecule has 1 atom stereocenters. The summed E-state index contributed by atoms with van der Waals surface area (Å²) in [5, 5.41) is 3.61. The van der Waals surface area contributed by atoms with Crippen molar-refractivity contribution < 1.29 is 8.42 Å². The molecule has 1 heterocycles. The van der Waals surface area contributed by atoms with Crippen molar-refractivity contribution in [3.8, 4) is 0 Å². The predicted molar refractivity (Wildman–Crippen MR) is 82.6 cm³/mol. The van der Waals surface area contributed by atoms with E-state index in [-0.39, 0.29) is 11.3 Å². The molecular weight excluding hydrogens is 272 g/mol. The quantitative estimate of drug-likeness (QED) is 0.908. The fourth-order valence-electron chi connectivity index (χ4n) is 2.73. The van der Waals surface area contributed by atoms with Crippen LogP contribution in [0.2, 0.25) is 0 Å². The first kappa shape index (κ1) is 15.5. The molecule has 0 radical (unpaired) electrons. The molecule has 1 aliphatic heterocycles. The molecule has 1 saturated heterocycles. The normalized spacial score (nSPS) is 25.3. The van der Waals surface area contributed by atoms with Crippen molar-refractivity contribution in [2.24, 2.45) is 0 Å². The van der Waals surface area contributed by atoms with E-state index in [2.05, 4.69) is 29.3 Å². The lowest BCUT2D eigenvalue weighted by molar-refractivity contribution is 0.230. The van der Waals surface area contributed by atoms with E-state index in [1.54, 1.807) is 0 Å². The summed E-state index contributed by atoms with van der Waals surface area (Å²) < 4.78 is 22.7. The van der Waals surface area contributed by atoms with Gasteiger partial charge in [-0.1, -0.05) is 30.3 Å². The average Bonchev–Trinajstić information content (AvgIpc) is 2.60. The summed E-state index contributed by atoms with van der Waals surface area (Å²) in [4.78, 5) is 2.26. The number of benzene rings is 1. The first-order chi connectivity index (χ1) is 9.39. The summed E-state index contributed by atoms with van der Waals surface area (Å²) in [5.41, 5.74) is 1.14. The Hall–Kier alpha value is -0.910. The van der Waals surface area contributed by atoms with Crippen molar-refractivity contribution in [3.05, 3.63) is 35.9 Å². The van der Waals surface area contributed by atoms with E-state index < -0.39 is 9.84 Å². The maximum Gasteiger partial charge on any atom is 0.148 e. The van der Waals surface area contributed by atoms with Gasteiger partial charge in [-0.15, -0.1) is 0 Å². The van der Waals surface area contributed by atoms with Crippen molar-refractivity contribution in [1.82, 2.24) is 10.2 Å². The molecule has 20 heavy (non-hydrogen) atoms. The highest BCUT2D eigenvalue weighted by Gasteiger charge is 2.30. The van der Waals surface area contributed by atoms with Gasteiger partial charge in [0.1, 0.15) is 9.84 Å². The Balaban J connectivity index is 2.10. The van der Waals surface area contributed by atoms with Crippen LogP contribution in [0.1, 0.15) is 18.9 Å². The largest absolute Gasteiger partial charge is 0.307 e. The zero-order valence-electron chi connectivity index (χ0n) is 12.3. The molecule has 112 valence electrons. The maximum atomic E-state index is 11.3. The molecule has 1 unspecified atom stereocenters. The molecule has 1 aliphatic rings. The maximum absolute atomic E-state index is 11.3. The zero-order chi connectivity index (χ0) is 14.6. The van der Waals surface area contributed by atoms with Crippen LogP contribution < -0.4 is 5.32 Å². The molecule has 1 fully saturated rings. The van der Waals surface area contributed by atoms with Gasteiger partial charge < -0.3 is 10.2 Å². The molecule has 0 amide bonds. The Morgan fingerprint density at radius 3 is 2.65 bits per heavy atom. The van der Waals surface area contributed by atoms with Crippen LogP contribution in [0.15, 0.2) is 30.3 Å². The predicted octanol–water partition coefficient (Wildman–Crippen LogP) is 1.24. The first-order valence-electron chi connectivity index (χ1n) is 7.10. The van der Waals surface area contributed by atoms with Gasteiger partial charge in [0, 0.05) is 19.3 Å². The van der Waals surface area contributed by atoms with Crippen molar-refractivity contribution in [3.63, 3.8) is 0 Å². The van der Waals surface area contributed by atoms with Crippen LogP contribution in [0, 0.1) is 0 Å². The Morgan fingerprint density at radius 1 is 1.30 bits per heavy atom. The lowest BCUT2D eigenvalue weighted by Crippen LogP contribution is -2.47. The zero-order valence-corrected chi connectivity index (χ0v) is 13.1. The van der Waals surface area contributed by atoms with Crippen LogP contribution >= 0.6 is 0 Å². The minimum absolute atomic E-state index is 0.116. The third-order valence-corrected chi connectivity index (χ3v) is 4.82. The van der Waals surface area contributed by atoms with Gasteiger partial charge in [0.15, 0.2) is 0 Å². The van der Waals surface area contributed by atoms with Crippen LogP contribution in [0.4, 0.5) is 0 Å². The third-order valence-electron chi connectivity index (χ3n) is 3.90. The van der Waals surface area contributed by atoms with E-state index in [0.717, 1.165) is 26.1 Å². The fourth-order valence-corrected chi connectivity index (χ4v) is 3.32. The average molecular weight is 296 g/mol. The van der Waals surface area contributed by atoms with E-state index >= 15 is 0 Å². The molecule has 0 aromatic heterocycles. The van der Waals surface area contributed by atoms with Crippen molar-refractivity contribution in [2.75, 3.05) is 38.2 Å². The van der Waals surface area contributed by atoms with E-state index in [0.29, 0.717) is 6.54 Å². The lowest BCUT2D eigenvalue weighted by atomic mass is 9.91. The molecule has 1 N–H and O–H groups in total. The van der Waals surface area contributed by atoms with Gasteiger partial charge in [0.2, 0.25) is 0 Å². The Bertz CT molecular complexity index is 530. The topological polar surface area (TPSA) is 49.4 Å². The monoisotopic (exact) mass is 296 g/mol. The summed E-state index contributed by atoms with van der Waals surface area (Å²) >= 11 is 0. The van der Waals surface area contributed by atoms with Crippen LogP contribution in [0.25, 0.3) is 0 Å². The molecule has 1 aromatic carbocycles. The third kappa shape index (κ3) is 4.30. The Kier molecular flexibility index (Phi) is 4.83. The van der Waals surface area contributed by atoms with E-state index in [1.165, 1.54) is 11.8 Å². The summed E-state index contributed by atoms with van der Waals surface area (Å²) in [6.45, 7) is 5.56. The van der Waals surface area contributed by atoms with Gasteiger partial charge in [-0.05, 0) is 32.0 Å². The van der Waals surface area contributed by atoms with E-state index in [1.807, 2.05) is 18.2 Å². The highest BCUT2D eigenvalue weighted by atomic mass is 32.2. The van der Waals surface area contributed by atoms with Crippen molar-refractivity contribution in [2.45, 2.75) is 18.9 Å². The van der Waals surface area contributed by atoms with Crippen LogP contribution in [0.5, 0.6) is 0 Å². The minimum Gasteiger partial charge on any atom is -0.307 e. The van der Waals surface area contributed by atoms with Gasteiger partial charge in [-0.25, -0.2) is 8.42 Å². The second-order valence-corrected chi connectivity index (χ2v) is 8.14. The number of sulfone groups is 1. The highest BCUT2D eigenvalue weighted by molar-refractivity contribution is 7.90. The Morgan fingerprint density at radius 2 is 2.00 bits per heavy atom. The number of nitrogens with zero attached hydrogens (tertiary/aromatic N) is 1. The van der Waals surface area contributed by atoms with Gasteiger partial charge in [0.05, 0.1) is 11.3 Å². The van der Waals surface area contributed by atoms with Gasteiger partial charge in [-0.3, -0.25) is 0 Å². The van der Waals surface area contributed by atoms with E-state index in [9.17, 15) is 8.42 Å². The van der Waals surface area contributed by atoms with Gasteiger partial charge in [-0.2, -0.15) is 0 Å². The van der Waals surface area contributed by atoms with Crippen molar-refractivity contribution >= 4 is 9.84 Å². The fraction of sp³-hybridized carbons (Fsp3) is 0.600. The summed E-state index contributed by atoms with van der Waals surface area (Å²) in [6.07, 6.45) is 2.35. The standard InChI is InChI=1S/C15H24N2O2S/c1-15(14-7-4-3-5-8-14)13-17(10-6-9-16-15)11-12-20(2,18)19/h3-5,7-8,16H,6,9-13H2,1-2H3. The van der Waals surface area contributed by atoms with Gasteiger partial charge >= 0.3 is 0 Å². The second-order valence-electron chi connectivity index (χ2n) is 5.88. The molecule has 5 heteroatoms. The highest BCUT2D eigenvalue weighted by Crippen LogP contribution is 2.23. The summed E-state index contributed by atoms with van der Waals surface area (Å²) in [5.74, 6) is 0.234. The molecule has 0 aliphatic carbocycles. The van der Waals surface area contributed by atoms with Gasteiger partial charge in [0.25, 0.3) is 0 Å². The summed E-state index contributed by atoms with van der Waals surface area (Å²) in [6, 6.07) is 10.4. The van der Waals surface area contributed by atoms with Crippen LogP contribution in [0.3, 0.4) is 0 Å². The smallest absolute Gasteiger partial charge is 0.148 e. The molecule has 0 spiro atoms.